The van der Waals surface area contributed by atoms with Crippen LogP contribution in [-0.4, -0.2) is 5.78 Å². The first kappa shape index (κ1) is 9.27. The molecule has 0 aromatic rings. The number of ketones is 1. The van der Waals surface area contributed by atoms with Gasteiger partial charge in [0.2, 0.25) is 0 Å². The molecule has 14 heavy (non-hydrogen) atoms. The van der Waals surface area contributed by atoms with Gasteiger partial charge in [0.25, 0.3) is 0 Å². The predicted octanol–water partition coefficient (Wildman–Crippen LogP) is 2.51. The standard InChI is InChI=1S/C13H14O/c1-3-5-9-7-11(9)13(14)12-8-10(12)6-4-2/h5-6,9-12H,1-2,7-8H2. The molecule has 2 aliphatic carbocycles. The first-order chi connectivity index (χ1) is 6.77. The molecule has 0 N–H and O–H groups in total. The van der Waals surface area contributed by atoms with Crippen molar-refractivity contribution in [2.75, 3.05) is 0 Å². The minimum atomic E-state index is 0.262. The van der Waals surface area contributed by atoms with E-state index in [2.05, 4.69) is 24.6 Å². The van der Waals surface area contributed by atoms with E-state index in [9.17, 15) is 4.79 Å². The normalized spacial score (nSPS) is 37.7. The van der Waals surface area contributed by atoms with Gasteiger partial charge >= 0.3 is 0 Å². The number of carbonyl (C=O) groups is 1. The van der Waals surface area contributed by atoms with Gasteiger partial charge < -0.3 is 0 Å². The summed E-state index contributed by atoms with van der Waals surface area (Å²) in [4.78, 5) is 11.8. The second kappa shape index (κ2) is 3.46. The molecule has 0 amide bonds. The number of hydrogen-bond donors (Lipinski definition) is 0. The Labute approximate surface area is 84.5 Å². The fraction of sp³-hybridized carbons (Fsp3) is 0.462. The van der Waals surface area contributed by atoms with Gasteiger partial charge in [0.15, 0.2) is 0 Å². The van der Waals surface area contributed by atoms with E-state index in [-0.39, 0.29) is 11.8 Å². The van der Waals surface area contributed by atoms with Crippen LogP contribution < -0.4 is 0 Å². The number of Topliss-reactive ketones (excluding diaryl/α,β-unsaturated/α-hetero) is 1. The maximum atomic E-state index is 11.8. The van der Waals surface area contributed by atoms with Gasteiger partial charge in [-0.1, -0.05) is 13.2 Å². The molecule has 1 heteroatoms. The molecule has 4 atom stereocenters. The van der Waals surface area contributed by atoms with Gasteiger partial charge in [0, 0.05) is 11.8 Å². The summed E-state index contributed by atoms with van der Waals surface area (Å²) in [7, 11) is 0. The molecule has 2 fully saturated rings. The molecule has 0 aromatic carbocycles. The summed E-state index contributed by atoms with van der Waals surface area (Å²) in [6.07, 6.45) is 5.84. The lowest BCUT2D eigenvalue weighted by Crippen LogP contribution is -2.05. The number of carbonyl (C=O) groups excluding carboxylic acids is 1. The van der Waals surface area contributed by atoms with Crippen LogP contribution in [0.1, 0.15) is 12.8 Å². The molecule has 0 radical (unpaired) electrons. The van der Waals surface area contributed by atoms with Crippen LogP contribution in [0.5, 0.6) is 0 Å². The van der Waals surface area contributed by atoms with Crippen LogP contribution in [0.3, 0.4) is 0 Å². The van der Waals surface area contributed by atoms with E-state index in [0.717, 1.165) is 12.8 Å². The zero-order valence-electron chi connectivity index (χ0n) is 8.20. The highest BCUT2D eigenvalue weighted by molar-refractivity contribution is 5.89. The van der Waals surface area contributed by atoms with Crippen LogP contribution in [0.25, 0.3) is 0 Å². The van der Waals surface area contributed by atoms with Crippen molar-refractivity contribution in [3.63, 3.8) is 0 Å². The molecule has 0 saturated heterocycles. The van der Waals surface area contributed by atoms with Gasteiger partial charge in [0.05, 0.1) is 0 Å². The van der Waals surface area contributed by atoms with Gasteiger partial charge in [-0.3, -0.25) is 4.79 Å². The smallest absolute Gasteiger partial charge is 0.140 e. The molecule has 0 aliphatic heterocycles. The summed E-state index contributed by atoms with van der Waals surface area (Å²) in [5, 5.41) is 0. The topological polar surface area (TPSA) is 17.1 Å². The summed E-state index contributed by atoms with van der Waals surface area (Å²) < 4.78 is 0. The molecular formula is C13H14O. The minimum absolute atomic E-state index is 0.262. The lowest BCUT2D eigenvalue weighted by molar-refractivity contribution is -0.121. The van der Waals surface area contributed by atoms with Crippen molar-refractivity contribution >= 4 is 5.78 Å². The summed E-state index contributed by atoms with van der Waals surface area (Å²) in [6, 6.07) is 0. The van der Waals surface area contributed by atoms with Crippen LogP contribution >= 0.6 is 0 Å². The van der Waals surface area contributed by atoms with Gasteiger partial charge in [0.1, 0.15) is 5.78 Å². The van der Waals surface area contributed by atoms with Gasteiger partial charge in [-0.15, -0.1) is 11.5 Å². The summed E-state index contributed by atoms with van der Waals surface area (Å²) in [5.41, 5.74) is 5.51. The SMILES string of the molecule is C=C=CC1CC1C(=O)C1CC1C=C=C. The zero-order valence-corrected chi connectivity index (χ0v) is 8.20. The summed E-state index contributed by atoms with van der Waals surface area (Å²) in [5.74, 6) is 1.80. The van der Waals surface area contributed by atoms with E-state index in [4.69, 9.17) is 0 Å². The molecule has 1 nitrogen and oxygen atoms in total. The van der Waals surface area contributed by atoms with Gasteiger partial charge in [-0.05, 0) is 36.8 Å². The third-order valence-corrected chi connectivity index (χ3v) is 3.07. The van der Waals surface area contributed by atoms with E-state index in [1.54, 1.807) is 0 Å². The lowest BCUT2D eigenvalue weighted by atomic mass is 10.1. The number of hydrogen-bond acceptors (Lipinski definition) is 1. The molecule has 2 rings (SSSR count). The predicted molar refractivity (Wildman–Crippen MR) is 55.6 cm³/mol. The van der Waals surface area contributed by atoms with Crippen molar-refractivity contribution in [2.45, 2.75) is 12.8 Å². The summed E-state index contributed by atoms with van der Waals surface area (Å²) >= 11 is 0. The van der Waals surface area contributed by atoms with Crippen molar-refractivity contribution < 1.29 is 4.79 Å². The van der Waals surface area contributed by atoms with Crippen molar-refractivity contribution in [1.82, 2.24) is 0 Å². The van der Waals surface area contributed by atoms with Crippen LogP contribution in [0, 0.1) is 23.7 Å². The maximum absolute atomic E-state index is 11.8. The van der Waals surface area contributed by atoms with E-state index < -0.39 is 0 Å². The minimum Gasteiger partial charge on any atom is -0.299 e. The molecule has 0 aromatic heterocycles. The lowest BCUT2D eigenvalue weighted by Gasteiger charge is -1.93. The molecular weight excluding hydrogens is 172 g/mol. The molecule has 0 bridgehead atoms. The maximum Gasteiger partial charge on any atom is 0.140 e. The van der Waals surface area contributed by atoms with E-state index in [1.165, 1.54) is 0 Å². The quantitative estimate of drug-likeness (QED) is 0.616. The molecule has 2 saturated carbocycles. The highest BCUT2D eigenvalue weighted by atomic mass is 16.1. The Morgan fingerprint density at radius 3 is 1.86 bits per heavy atom. The Bertz CT molecular complexity index is 319. The van der Waals surface area contributed by atoms with Crippen LogP contribution in [0.4, 0.5) is 0 Å². The van der Waals surface area contributed by atoms with Crippen molar-refractivity contribution in [3.8, 4) is 0 Å². The molecule has 0 spiro atoms. The Morgan fingerprint density at radius 2 is 1.50 bits per heavy atom. The van der Waals surface area contributed by atoms with Crippen molar-refractivity contribution in [1.29, 1.82) is 0 Å². The fourth-order valence-electron chi connectivity index (χ4n) is 2.03. The first-order valence-corrected chi connectivity index (χ1v) is 5.03. The fourth-order valence-corrected chi connectivity index (χ4v) is 2.03. The van der Waals surface area contributed by atoms with Gasteiger partial charge in [-0.2, -0.15) is 0 Å². The Morgan fingerprint density at radius 1 is 1.07 bits per heavy atom. The zero-order chi connectivity index (χ0) is 10.1. The van der Waals surface area contributed by atoms with E-state index in [0.29, 0.717) is 17.6 Å². The van der Waals surface area contributed by atoms with Crippen LogP contribution in [0.2, 0.25) is 0 Å². The second-order valence-electron chi connectivity index (χ2n) is 4.16. The van der Waals surface area contributed by atoms with Crippen molar-refractivity contribution in [2.24, 2.45) is 23.7 Å². The molecule has 2 aliphatic rings. The van der Waals surface area contributed by atoms with Gasteiger partial charge in [-0.25, -0.2) is 0 Å². The molecule has 0 heterocycles. The number of allylic oxidation sites excluding steroid dienone is 2. The van der Waals surface area contributed by atoms with Crippen LogP contribution in [0.15, 0.2) is 36.8 Å². The Kier molecular flexibility index (Phi) is 2.29. The van der Waals surface area contributed by atoms with Crippen LogP contribution in [-0.2, 0) is 4.79 Å². The van der Waals surface area contributed by atoms with E-state index in [1.807, 2.05) is 12.2 Å². The third-order valence-electron chi connectivity index (χ3n) is 3.07. The summed E-state index contributed by atoms with van der Waals surface area (Å²) in [6.45, 7) is 7.05. The average Bonchev–Trinajstić information content (AvgIpc) is 3.00. The highest BCUT2D eigenvalue weighted by Gasteiger charge is 2.50. The Balaban J connectivity index is 1.87. The van der Waals surface area contributed by atoms with Crippen molar-refractivity contribution in [3.05, 3.63) is 36.8 Å². The Hall–Kier alpha value is -1.29. The third kappa shape index (κ3) is 1.65. The first-order valence-electron chi connectivity index (χ1n) is 5.03. The molecule has 72 valence electrons. The molecule has 4 unspecified atom stereocenters. The average molecular weight is 186 g/mol. The monoisotopic (exact) mass is 186 g/mol. The highest BCUT2D eigenvalue weighted by Crippen LogP contribution is 2.49. The second-order valence-corrected chi connectivity index (χ2v) is 4.16. The van der Waals surface area contributed by atoms with E-state index >= 15 is 0 Å². The number of rotatable bonds is 4. The largest absolute Gasteiger partial charge is 0.299 e.